The monoisotopic (exact) mass is 391 g/mol. The van der Waals surface area contributed by atoms with E-state index >= 15 is 0 Å². The Labute approximate surface area is 166 Å². The molecule has 0 aliphatic rings. The molecule has 0 atom stereocenters. The topological polar surface area (TPSA) is 69.0 Å². The lowest BCUT2D eigenvalue weighted by molar-refractivity contribution is 0.104. The van der Waals surface area contributed by atoms with Gasteiger partial charge in [0.05, 0.1) is 11.0 Å². The number of nitrogens with one attached hydrogen (secondary N) is 2. The van der Waals surface area contributed by atoms with Crippen LogP contribution in [0.25, 0.3) is 33.1 Å². The van der Waals surface area contributed by atoms with Gasteiger partial charge in [0.25, 0.3) is 0 Å². The molecular weight excluding hydrogens is 374 g/mol. The Hall–Kier alpha value is -3.31. The summed E-state index contributed by atoms with van der Waals surface area (Å²) in [6, 6.07) is 14.3. The highest BCUT2D eigenvalue weighted by Gasteiger charge is 2.13. The van der Waals surface area contributed by atoms with Crippen LogP contribution in [0, 0.1) is 0 Å². The standard InChI is InChI=1S/C22H18ClN3O2/c1-26(2)9-8-19(27)14-5-3-4-13(10-14)16-12-20(28)25-22-17-11-15(23)6-7-18(17)24-21(16)22/h3-12,24H,1-2H3,(H,25,28). The summed E-state index contributed by atoms with van der Waals surface area (Å²) in [5.41, 5.74) is 4.24. The molecule has 28 heavy (non-hydrogen) atoms. The zero-order valence-electron chi connectivity index (χ0n) is 15.4. The Balaban J connectivity index is 1.90. The maximum atomic E-state index is 12.4. The predicted molar refractivity (Wildman–Crippen MR) is 114 cm³/mol. The van der Waals surface area contributed by atoms with Crippen LogP contribution in [0.1, 0.15) is 10.4 Å². The lowest BCUT2D eigenvalue weighted by Gasteiger charge is -2.06. The van der Waals surface area contributed by atoms with Crippen molar-refractivity contribution in [1.29, 1.82) is 0 Å². The molecule has 0 spiro atoms. The van der Waals surface area contributed by atoms with E-state index in [9.17, 15) is 9.59 Å². The molecule has 0 radical (unpaired) electrons. The SMILES string of the molecule is CN(C)C=CC(=O)c1cccc(-c2cc(=O)[nH]c3c2[nH]c2ccc(Cl)cc23)c1. The van der Waals surface area contributed by atoms with Crippen LogP contribution < -0.4 is 5.56 Å². The molecule has 5 nitrogen and oxygen atoms in total. The van der Waals surface area contributed by atoms with Crippen LogP contribution >= 0.6 is 11.6 Å². The summed E-state index contributed by atoms with van der Waals surface area (Å²) in [4.78, 5) is 32.8. The first kappa shape index (κ1) is 18.1. The van der Waals surface area contributed by atoms with Crippen molar-refractivity contribution < 1.29 is 4.79 Å². The van der Waals surface area contributed by atoms with Gasteiger partial charge >= 0.3 is 0 Å². The number of aromatic nitrogens is 2. The number of carbonyl (C=O) groups is 1. The zero-order chi connectivity index (χ0) is 19.8. The van der Waals surface area contributed by atoms with E-state index in [1.165, 1.54) is 6.08 Å². The summed E-state index contributed by atoms with van der Waals surface area (Å²) in [5, 5.41) is 1.45. The molecular formula is C22H18ClN3O2. The fourth-order valence-corrected chi connectivity index (χ4v) is 3.41. The number of pyridine rings is 1. The van der Waals surface area contributed by atoms with Crippen molar-refractivity contribution in [1.82, 2.24) is 14.9 Å². The van der Waals surface area contributed by atoms with E-state index in [2.05, 4.69) is 9.97 Å². The second kappa shape index (κ2) is 7.02. The van der Waals surface area contributed by atoms with Crippen molar-refractivity contribution >= 4 is 39.3 Å². The van der Waals surface area contributed by atoms with Crippen molar-refractivity contribution in [3.05, 3.63) is 81.7 Å². The third-order valence-corrected chi connectivity index (χ3v) is 4.77. The first-order chi connectivity index (χ1) is 13.4. The number of benzene rings is 2. The van der Waals surface area contributed by atoms with Crippen molar-refractivity contribution in [2.45, 2.75) is 0 Å². The largest absolute Gasteiger partial charge is 0.383 e. The minimum Gasteiger partial charge on any atom is -0.383 e. The van der Waals surface area contributed by atoms with Crippen LogP contribution in [0.3, 0.4) is 0 Å². The van der Waals surface area contributed by atoms with Gasteiger partial charge in [-0.05, 0) is 29.8 Å². The molecule has 0 fully saturated rings. The van der Waals surface area contributed by atoms with Crippen molar-refractivity contribution in [3.63, 3.8) is 0 Å². The number of rotatable bonds is 4. The highest BCUT2D eigenvalue weighted by molar-refractivity contribution is 6.31. The van der Waals surface area contributed by atoms with Gasteiger partial charge in [0.2, 0.25) is 5.56 Å². The smallest absolute Gasteiger partial charge is 0.249 e. The van der Waals surface area contributed by atoms with Gasteiger partial charge in [0.15, 0.2) is 5.78 Å². The molecule has 2 heterocycles. The summed E-state index contributed by atoms with van der Waals surface area (Å²) >= 11 is 6.13. The second-order valence-electron chi connectivity index (χ2n) is 6.84. The molecule has 0 saturated heterocycles. The van der Waals surface area contributed by atoms with E-state index in [0.29, 0.717) is 16.1 Å². The summed E-state index contributed by atoms with van der Waals surface area (Å²) in [5.74, 6) is -0.0972. The average Bonchev–Trinajstić information content (AvgIpc) is 3.03. The number of ketones is 1. The fourth-order valence-electron chi connectivity index (χ4n) is 3.24. The molecule has 2 N–H and O–H groups in total. The van der Waals surface area contributed by atoms with Gasteiger partial charge < -0.3 is 14.9 Å². The van der Waals surface area contributed by atoms with Gasteiger partial charge in [0, 0.05) is 59.5 Å². The Morgan fingerprint density at radius 2 is 1.86 bits per heavy atom. The highest BCUT2D eigenvalue weighted by Crippen LogP contribution is 2.32. The van der Waals surface area contributed by atoms with Crippen LogP contribution in [-0.2, 0) is 0 Å². The number of allylic oxidation sites excluding steroid dienone is 1. The predicted octanol–water partition coefficient (Wildman–Crippen LogP) is 4.59. The minimum absolute atomic E-state index is 0.0972. The average molecular weight is 392 g/mol. The van der Waals surface area contributed by atoms with Crippen molar-refractivity contribution in [2.24, 2.45) is 0 Å². The molecule has 0 aliphatic carbocycles. The quantitative estimate of drug-likeness (QED) is 0.395. The number of hydrogen-bond donors (Lipinski definition) is 2. The van der Waals surface area contributed by atoms with E-state index in [1.54, 1.807) is 35.4 Å². The van der Waals surface area contributed by atoms with Gasteiger partial charge in [0.1, 0.15) is 0 Å². The van der Waals surface area contributed by atoms with Gasteiger partial charge in [-0.3, -0.25) is 9.59 Å². The third-order valence-electron chi connectivity index (χ3n) is 4.54. The summed E-state index contributed by atoms with van der Waals surface area (Å²) in [6.45, 7) is 0. The molecule has 0 aliphatic heterocycles. The van der Waals surface area contributed by atoms with Gasteiger partial charge in [-0.1, -0.05) is 29.8 Å². The number of aromatic amines is 2. The van der Waals surface area contributed by atoms with Gasteiger partial charge in [-0.2, -0.15) is 0 Å². The lowest BCUT2D eigenvalue weighted by Crippen LogP contribution is -2.05. The molecule has 4 rings (SSSR count). The van der Waals surface area contributed by atoms with Gasteiger partial charge in [-0.15, -0.1) is 0 Å². The van der Waals surface area contributed by atoms with Crippen LogP contribution in [0.2, 0.25) is 5.02 Å². The maximum absolute atomic E-state index is 12.4. The molecule has 4 aromatic rings. The van der Waals surface area contributed by atoms with Crippen molar-refractivity contribution in [2.75, 3.05) is 14.1 Å². The number of fused-ring (bicyclic) bond motifs is 3. The van der Waals surface area contributed by atoms with Crippen LogP contribution in [0.4, 0.5) is 0 Å². The number of hydrogen-bond acceptors (Lipinski definition) is 3. The van der Waals surface area contributed by atoms with E-state index < -0.39 is 0 Å². The molecule has 0 saturated carbocycles. The minimum atomic E-state index is -0.215. The zero-order valence-corrected chi connectivity index (χ0v) is 16.2. The molecule has 6 heteroatoms. The van der Waals surface area contributed by atoms with E-state index in [4.69, 9.17) is 11.6 Å². The summed E-state index contributed by atoms with van der Waals surface area (Å²) < 4.78 is 0. The first-order valence-corrected chi connectivity index (χ1v) is 9.14. The lowest BCUT2D eigenvalue weighted by atomic mass is 10.0. The Kier molecular flexibility index (Phi) is 4.53. The molecule has 0 bridgehead atoms. The van der Waals surface area contributed by atoms with Crippen LogP contribution in [0.15, 0.2) is 65.6 Å². The Morgan fingerprint density at radius 3 is 2.64 bits per heavy atom. The Morgan fingerprint density at radius 1 is 1.04 bits per heavy atom. The molecule has 2 aromatic carbocycles. The van der Waals surface area contributed by atoms with E-state index in [0.717, 1.165) is 27.5 Å². The van der Waals surface area contributed by atoms with E-state index in [1.807, 2.05) is 38.4 Å². The normalized spacial score (nSPS) is 11.5. The molecule has 2 aromatic heterocycles. The first-order valence-electron chi connectivity index (χ1n) is 8.76. The third kappa shape index (κ3) is 3.32. The van der Waals surface area contributed by atoms with Gasteiger partial charge in [-0.25, -0.2) is 0 Å². The number of nitrogens with zero attached hydrogens (tertiary/aromatic N) is 1. The van der Waals surface area contributed by atoms with Crippen molar-refractivity contribution in [3.8, 4) is 11.1 Å². The molecule has 140 valence electrons. The molecule has 0 amide bonds. The highest BCUT2D eigenvalue weighted by atomic mass is 35.5. The summed E-state index contributed by atoms with van der Waals surface area (Å²) in [7, 11) is 3.71. The maximum Gasteiger partial charge on any atom is 0.249 e. The number of halogens is 1. The van der Waals surface area contributed by atoms with Crippen LogP contribution in [-0.4, -0.2) is 34.7 Å². The summed E-state index contributed by atoms with van der Waals surface area (Å²) in [6.07, 6.45) is 3.24. The second-order valence-corrected chi connectivity index (χ2v) is 7.27. The van der Waals surface area contributed by atoms with Crippen LogP contribution in [0.5, 0.6) is 0 Å². The number of H-pyrrole nitrogens is 2. The fraction of sp³-hybridized carbons (Fsp3) is 0.0909. The molecule has 0 unspecified atom stereocenters. The Bertz CT molecular complexity index is 1300. The van der Waals surface area contributed by atoms with E-state index in [-0.39, 0.29) is 11.3 Å². The number of carbonyl (C=O) groups excluding carboxylic acids is 1.